The lowest BCUT2D eigenvalue weighted by atomic mass is 9.95. The zero-order chi connectivity index (χ0) is 12.4. The molecule has 0 saturated heterocycles. The number of aromatic nitrogens is 2. The highest BCUT2D eigenvalue weighted by atomic mass is 16.5. The van der Waals surface area contributed by atoms with Crippen LogP contribution in [-0.2, 0) is 0 Å². The molecule has 1 aromatic heterocycles. The molecule has 5 heteroatoms. The zero-order valence-electron chi connectivity index (χ0n) is 10.3. The Bertz CT molecular complexity index is 454. The van der Waals surface area contributed by atoms with E-state index < -0.39 is 0 Å². The minimum atomic E-state index is 0.471. The van der Waals surface area contributed by atoms with Crippen LogP contribution in [-0.4, -0.2) is 27.8 Å². The van der Waals surface area contributed by atoms with Crippen molar-refractivity contribution in [1.29, 1.82) is 0 Å². The SMILES string of the molecule is ON1CC=C(NC2CCCCC2)c2cncnc21. The lowest BCUT2D eigenvalue weighted by molar-refractivity contribution is 0.261. The van der Waals surface area contributed by atoms with Gasteiger partial charge in [-0.3, -0.25) is 5.21 Å². The van der Waals surface area contributed by atoms with Crippen molar-refractivity contribution in [2.24, 2.45) is 0 Å². The summed E-state index contributed by atoms with van der Waals surface area (Å²) in [5.74, 6) is 0.589. The van der Waals surface area contributed by atoms with Crippen LogP contribution >= 0.6 is 0 Å². The molecule has 0 spiro atoms. The Hall–Kier alpha value is -1.62. The van der Waals surface area contributed by atoms with Crippen LogP contribution in [0.2, 0.25) is 0 Å². The molecule has 2 N–H and O–H groups in total. The summed E-state index contributed by atoms with van der Waals surface area (Å²) in [5.41, 5.74) is 1.94. The number of hydrogen-bond donors (Lipinski definition) is 2. The Balaban J connectivity index is 1.80. The number of hydroxylamine groups is 1. The molecule has 1 saturated carbocycles. The highest BCUT2D eigenvalue weighted by Gasteiger charge is 2.21. The topological polar surface area (TPSA) is 61.3 Å². The number of fused-ring (bicyclic) bond motifs is 1. The molecule has 2 heterocycles. The Morgan fingerprint density at radius 2 is 2.11 bits per heavy atom. The largest absolute Gasteiger partial charge is 0.382 e. The van der Waals surface area contributed by atoms with Crippen molar-refractivity contribution in [2.75, 3.05) is 11.6 Å². The van der Waals surface area contributed by atoms with Gasteiger partial charge < -0.3 is 5.32 Å². The molecule has 5 nitrogen and oxygen atoms in total. The van der Waals surface area contributed by atoms with E-state index in [2.05, 4.69) is 15.3 Å². The monoisotopic (exact) mass is 246 g/mol. The standard InChI is InChI=1S/C13H18N4O/c18-17-7-6-12(11-8-14-9-15-13(11)17)16-10-4-2-1-3-5-10/h6,8-10,16,18H,1-5,7H2. The van der Waals surface area contributed by atoms with E-state index in [0.717, 1.165) is 16.3 Å². The first kappa shape index (κ1) is 11.5. The van der Waals surface area contributed by atoms with Gasteiger partial charge in [-0.15, -0.1) is 0 Å². The highest BCUT2D eigenvalue weighted by Crippen LogP contribution is 2.28. The molecular formula is C13H18N4O. The number of hydrogen-bond acceptors (Lipinski definition) is 5. The van der Waals surface area contributed by atoms with Gasteiger partial charge in [0.15, 0.2) is 5.82 Å². The quantitative estimate of drug-likeness (QED) is 0.835. The van der Waals surface area contributed by atoms with E-state index in [4.69, 9.17) is 0 Å². The summed E-state index contributed by atoms with van der Waals surface area (Å²) < 4.78 is 0. The van der Waals surface area contributed by atoms with E-state index in [1.54, 1.807) is 6.20 Å². The maximum absolute atomic E-state index is 9.76. The van der Waals surface area contributed by atoms with Crippen LogP contribution in [0.15, 0.2) is 18.6 Å². The van der Waals surface area contributed by atoms with Gasteiger partial charge in [-0.05, 0) is 18.9 Å². The number of rotatable bonds is 2. The molecule has 1 aliphatic carbocycles. The van der Waals surface area contributed by atoms with E-state index in [0.29, 0.717) is 18.4 Å². The fourth-order valence-corrected chi connectivity index (χ4v) is 2.70. The van der Waals surface area contributed by atoms with Gasteiger partial charge in [0.2, 0.25) is 0 Å². The molecule has 0 atom stereocenters. The molecule has 0 amide bonds. The summed E-state index contributed by atoms with van der Waals surface area (Å²) in [7, 11) is 0. The molecule has 0 unspecified atom stereocenters. The van der Waals surface area contributed by atoms with Crippen molar-refractivity contribution in [1.82, 2.24) is 15.3 Å². The number of nitrogens with zero attached hydrogens (tertiary/aromatic N) is 3. The predicted molar refractivity (Wildman–Crippen MR) is 69.2 cm³/mol. The second kappa shape index (κ2) is 4.94. The zero-order valence-corrected chi connectivity index (χ0v) is 10.3. The first-order chi connectivity index (χ1) is 8.84. The third-order valence-electron chi connectivity index (χ3n) is 3.66. The van der Waals surface area contributed by atoms with Gasteiger partial charge in [0.05, 0.1) is 12.1 Å². The van der Waals surface area contributed by atoms with Crippen molar-refractivity contribution in [3.63, 3.8) is 0 Å². The molecule has 0 aromatic carbocycles. The van der Waals surface area contributed by atoms with Crippen LogP contribution in [0.1, 0.15) is 37.7 Å². The minimum Gasteiger partial charge on any atom is -0.382 e. The average Bonchev–Trinajstić information content (AvgIpc) is 2.44. The predicted octanol–water partition coefficient (Wildman–Crippen LogP) is 1.95. The number of anilines is 1. The van der Waals surface area contributed by atoms with Gasteiger partial charge in [0.25, 0.3) is 0 Å². The minimum absolute atomic E-state index is 0.471. The Morgan fingerprint density at radius 3 is 2.94 bits per heavy atom. The van der Waals surface area contributed by atoms with Gasteiger partial charge in [0.1, 0.15) is 6.33 Å². The third kappa shape index (κ3) is 2.18. The molecule has 96 valence electrons. The molecule has 2 aliphatic rings. The molecule has 0 radical (unpaired) electrons. The molecule has 1 aromatic rings. The molecule has 3 rings (SSSR count). The summed E-state index contributed by atoms with van der Waals surface area (Å²) in [6.45, 7) is 0.471. The van der Waals surface area contributed by atoms with Crippen LogP contribution < -0.4 is 10.4 Å². The second-order valence-electron chi connectivity index (χ2n) is 4.94. The van der Waals surface area contributed by atoms with Gasteiger partial charge in [-0.25, -0.2) is 15.0 Å². The van der Waals surface area contributed by atoms with Crippen molar-refractivity contribution < 1.29 is 5.21 Å². The first-order valence-corrected chi connectivity index (χ1v) is 6.58. The lowest BCUT2D eigenvalue weighted by Gasteiger charge is -2.29. The molecule has 18 heavy (non-hydrogen) atoms. The van der Waals surface area contributed by atoms with E-state index in [-0.39, 0.29) is 0 Å². The highest BCUT2D eigenvalue weighted by molar-refractivity contribution is 5.75. The van der Waals surface area contributed by atoms with Gasteiger partial charge in [0, 0.05) is 17.9 Å². The fourth-order valence-electron chi connectivity index (χ4n) is 2.70. The summed E-state index contributed by atoms with van der Waals surface area (Å²) in [5, 5.41) is 14.5. The van der Waals surface area contributed by atoms with Crippen LogP contribution in [0, 0.1) is 0 Å². The normalized spacial score (nSPS) is 20.3. The Morgan fingerprint density at radius 1 is 1.28 bits per heavy atom. The smallest absolute Gasteiger partial charge is 0.165 e. The fraction of sp³-hybridized carbons (Fsp3) is 0.538. The Kier molecular flexibility index (Phi) is 3.15. The Labute approximate surface area is 107 Å². The van der Waals surface area contributed by atoms with Crippen molar-refractivity contribution in [3.05, 3.63) is 24.2 Å². The molecular weight excluding hydrogens is 228 g/mol. The van der Waals surface area contributed by atoms with E-state index in [1.807, 2.05) is 6.08 Å². The molecule has 0 bridgehead atoms. The van der Waals surface area contributed by atoms with Gasteiger partial charge in [-0.1, -0.05) is 19.3 Å². The van der Waals surface area contributed by atoms with Crippen LogP contribution in [0.3, 0.4) is 0 Å². The maximum atomic E-state index is 9.76. The summed E-state index contributed by atoms with van der Waals surface area (Å²) in [6, 6.07) is 0.545. The van der Waals surface area contributed by atoms with Crippen molar-refractivity contribution in [3.8, 4) is 0 Å². The van der Waals surface area contributed by atoms with E-state index >= 15 is 0 Å². The van der Waals surface area contributed by atoms with Crippen LogP contribution in [0.5, 0.6) is 0 Å². The van der Waals surface area contributed by atoms with Crippen LogP contribution in [0.4, 0.5) is 5.82 Å². The third-order valence-corrected chi connectivity index (χ3v) is 3.66. The van der Waals surface area contributed by atoms with Gasteiger partial charge in [-0.2, -0.15) is 0 Å². The lowest BCUT2D eigenvalue weighted by Crippen LogP contribution is -2.33. The summed E-state index contributed by atoms with van der Waals surface area (Å²) >= 11 is 0. The maximum Gasteiger partial charge on any atom is 0.165 e. The van der Waals surface area contributed by atoms with Gasteiger partial charge >= 0.3 is 0 Å². The molecule has 1 aliphatic heterocycles. The number of nitrogens with one attached hydrogen (secondary N) is 1. The van der Waals surface area contributed by atoms with Crippen LogP contribution in [0.25, 0.3) is 5.70 Å². The first-order valence-electron chi connectivity index (χ1n) is 6.58. The second-order valence-corrected chi connectivity index (χ2v) is 4.94. The average molecular weight is 246 g/mol. The summed E-state index contributed by atoms with van der Waals surface area (Å²) in [6.07, 6.45) is 11.6. The summed E-state index contributed by atoms with van der Waals surface area (Å²) in [4.78, 5) is 8.17. The van der Waals surface area contributed by atoms with Crippen molar-refractivity contribution in [2.45, 2.75) is 38.1 Å². The van der Waals surface area contributed by atoms with Crippen molar-refractivity contribution >= 4 is 11.5 Å². The van der Waals surface area contributed by atoms with E-state index in [1.165, 1.54) is 38.4 Å². The molecule has 1 fully saturated rings. The van der Waals surface area contributed by atoms with E-state index in [9.17, 15) is 5.21 Å².